The molecule has 0 heterocycles. The molecule has 0 fully saturated rings. The van der Waals surface area contributed by atoms with E-state index in [4.69, 9.17) is 10.9 Å². The Morgan fingerprint density at radius 1 is 1.62 bits per heavy atom. The summed E-state index contributed by atoms with van der Waals surface area (Å²) in [6.07, 6.45) is 1.83. The second-order valence-corrected chi connectivity index (χ2v) is 3.55. The first-order valence-electron chi connectivity index (χ1n) is 5.10. The molecule has 16 heavy (non-hydrogen) atoms. The molecule has 0 spiro atoms. The Labute approximate surface area is 95.5 Å². The molecule has 0 saturated carbocycles. The zero-order valence-corrected chi connectivity index (χ0v) is 9.35. The first-order chi connectivity index (χ1) is 7.69. The van der Waals surface area contributed by atoms with E-state index in [9.17, 15) is 0 Å². The summed E-state index contributed by atoms with van der Waals surface area (Å²) in [5, 5.41) is 14.9. The lowest BCUT2D eigenvalue weighted by atomic mass is 10.1. The smallest absolute Gasteiger partial charge is 0.170 e. The van der Waals surface area contributed by atoms with E-state index in [1.807, 2.05) is 37.3 Å². The van der Waals surface area contributed by atoms with Crippen LogP contribution in [-0.4, -0.2) is 17.1 Å². The highest BCUT2D eigenvalue weighted by molar-refractivity contribution is 5.98. The summed E-state index contributed by atoms with van der Waals surface area (Å²) in [6, 6.07) is 7.76. The average molecular weight is 219 g/mol. The van der Waals surface area contributed by atoms with Crippen LogP contribution >= 0.6 is 0 Å². The van der Waals surface area contributed by atoms with Crippen LogP contribution in [-0.2, 0) is 6.54 Å². The minimum Gasteiger partial charge on any atom is -0.409 e. The molecule has 0 saturated heterocycles. The van der Waals surface area contributed by atoms with Gasteiger partial charge in [-0.3, -0.25) is 0 Å². The summed E-state index contributed by atoms with van der Waals surface area (Å²) in [6.45, 7) is 6.36. The molecule has 0 bridgehead atoms. The Morgan fingerprint density at radius 3 is 2.94 bits per heavy atom. The third kappa shape index (κ3) is 3.10. The van der Waals surface area contributed by atoms with Crippen LogP contribution in [0.15, 0.2) is 42.1 Å². The van der Waals surface area contributed by atoms with E-state index in [-0.39, 0.29) is 11.9 Å². The summed E-state index contributed by atoms with van der Waals surface area (Å²) in [5.41, 5.74) is 7.32. The van der Waals surface area contributed by atoms with Crippen LogP contribution in [0.5, 0.6) is 0 Å². The van der Waals surface area contributed by atoms with Gasteiger partial charge < -0.3 is 16.3 Å². The number of hydrogen-bond acceptors (Lipinski definition) is 3. The molecule has 0 aliphatic heterocycles. The van der Waals surface area contributed by atoms with Gasteiger partial charge in [0.15, 0.2) is 5.84 Å². The van der Waals surface area contributed by atoms with Gasteiger partial charge in [0.25, 0.3) is 0 Å². The quantitative estimate of drug-likeness (QED) is 0.231. The molecule has 0 aromatic heterocycles. The molecular formula is C12H17N3O. The molecule has 4 N–H and O–H groups in total. The van der Waals surface area contributed by atoms with E-state index in [0.29, 0.717) is 6.54 Å². The molecular weight excluding hydrogens is 202 g/mol. The Balaban J connectivity index is 2.83. The van der Waals surface area contributed by atoms with Gasteiger partial charge in [-0.25, -0.2) is 0 Å². The van der Waals surface area contributed by atoms with Gasteiger partial charge in [-0.05, 0) is 12.5 Å². The summed E-state index contributed by atoms with van der Waals surface area (Å²) < 4.78 is 0. The number of nitrogens with zero attached hydrogens (tertiary/aromatic N) is 1. The molecule has 4 heteroatoms. The maximum atomic E-state index is 8.66. The van der Waals surface area contributed by atoms with E-state index in [2.05, 4.69) is 17.1 Å². The summed E-state index contributed by atoms with van der Waals surface area (Å²) in [5.74, 6) is 0.128. The second-order valence-electron chi connectivity index (χ2n) is 3.55. The van der Waals surface area contributed by atoms with Crippen molar-refractivity contribution in [2.45, 2.75) is 19.5 Å². The highest BCUT2D eigenvalue weighted by Crippen LogP contribution is 2.08. The van der Waals surface area contributed by atoms with Crippen molar-refractivity contribution in [1.29, 1.82) is 0 Å². The number of rotatable bonds is 5. The van der Waals surface area contributed by atoms with Crippen molar-refractivity contribution in [1.82, 2.24) is 5.32 Å². The van der Waals surface area contributed by atoms with Crippen molar-refractivity contribution in [3.63, 3.8) is 0 Å². The highest BCUT2D eigenvalue weighted by Gasteiger charge is 2.06. The van der Waals surface area contributed by atoms with Crippen molar-refractivity contribution < 1.29 is 5.21 Å². The number of oxime groups is 1. The molecule has 0 aliphatic rings. The highest BCUT2D eigenvalue weighted by atomic mass is 16.4. The minimum absolute atomic E-state index is 0.128. The predicted octanol–water partition coefficient (Wildman–Crippen LogP) is 1.45. The molecule has 1 rings (SSSR count). The molecule has 1 atom stereocenters. The molecule has 4 nitrogen and oxygen atoms in total. The number of nitrogens with two attached hydrogens (primary N) is 1. The molecule has 0 aliphatic carbocycles. The monoisotopic (exact) mass is 219 g/mol. The van der Waals surface area contributed by atoms with Gasteiger partial charge in [-0.2, -0.15) is 0 Å². The van der Waals surface area contributed by atoms with Crippen LogP contribution in [0.4, 0.5) is 0 Å². The van der Waals surface area contributed by atoms with E-state index in [1.165, 1.54) is 0 Å². The van der Waals surface area contributed by atoms with Gasteiger partial charge in [0, 0.05) is 18.2 Å². The summed E-state index contributed by atoms with van der Waals surface area (Å²) >= 11 is 0. The van der Waals surface area contributed by atoms with Gasteiger partial charge in [-0.1, -0.05) is 35.5 Å². The molecule has 1 aromatic rings. The fraction of sp³-hybridized carbons (Fsp3) is 0.250. The first-order valence-corrected chi connectivity index (χ1v) is 5.10. The SMILES string of the molecule is C=CC(C)NCc1ccccc1/C(N)=N/O. The van der Waals surface area contributed by atoms with Crippen molar-refractivity contribution in [3.8, 4) is 0 Å². The Kier molecular flexibility index (Phi) is 4.54. The fourth-order valence-corrected chi connectivity index (χ4v) is 1.33. The van der Waals surface area contributed by atoms with Crippen LogP contribution in [0.1, 0.15) is 18.1 Å². The van der Waals surface area contributed by atoms with Crippen LogP contribution in [0.25, 0.3) is 0 Å². The summed E-state index contributed by atoms with van der Waals surface area (Å²) in [7, 11) is 0. The molecule has 1 aromatic carbocycles. The largest absolute Gasteiger partial charge is 0.409 e. The molecule has 86 valence electrons. The Hall–Kier alpha value is -1.81. The van der Waals surface area contributed by atoms with Gasteiger partial charge in [0.1, 0.15) is 0 Å². The lowest BCUT2D eigenvalue weighted by Crippen LogP contribution is -2.25. The zero-order chi connectivity index (χ0) is 12.0. The Morgan fingerprint density at radius 2 is 2.31 bits per heavy atom. The average Bonchev–Trinajstić information content (AvgIpc) is 2.35. The van der Waals surface area contributed by atoms with Crippen LogP contribution in [0, 0.1) is 0 Å². The van der Waals surface area contributed by atoms with Crippen LogP contribution < -0.4 is 11.1 Å². The van der Waals surface area contributed by atoms with E-state index in [1.54, 1.807) is 0 Å². The van der Waals surface area contributed by atoms with E-state index < -0.39 is 0 Å². The lowest BCUT2D eigenvalue weighted by molar-refractivity contribution is 0.318. The number of nitrogens with one attached hydrogen (secondary N) is 1. The van der Waals surface area contributed by atoms with Crippen LogP contribution in [0.2, 0.25) is 0 Å². The zero-order valence-electron chi connectivity index (χ0n) is 9.35. The predicted molar refractivity (Wildman–Crippen MR) is 65.5 cm³/mol. The summed E-state index contributed by atoms with van der Waals surface area (Å²) in [4.78, 5) is 0. The van der Waals surface area contributed by atoms with Crippen molar-refractivity contribution in [2.24, 2.45) is 10.9 Å². The third-order valence-corrected chi connectivity index (χ3v) is 2.37. The maximum absolute atomic E-state index is 8.66. The molecule has 0 radical (unpaired) electrons. The maximum Gasteiger partial charge on any atom is 0.170 e. The van der Waals surface area contributed by atoms with Gasteiger partial charge in [-0.15, -0.1) is 6.58 Å². The Bertz CT molecular complexity index is 388. The normalized spacial score (nSPS) is 13.4. The van der Waals surface area contributed by atoms with Crippen molar-refractivity contribution in [3.05, 3.63) is 48.0 Å². The first kappa shape index (κ1) is 12.3. The van der Waals surface area contributed by atoms with E-state index >= 15 is 0 Å². The number of amidine groups is 1. The van der Waals surface area contributed by atoms with Crippen molar-refractivity contribution in [2.75, 3.05) is 0 Å². The second kappa shape index (κ2) is 5.92. The minimum atomic E-state index is 0.128. The van der Waals surface area contributed by atoms with Gasteiger partial charge in [0.05, 0.1) is 0 Å². The van der Waals surface area contributed by atoms with Gasteiger partial charge in [0.2, 0.25) is 0 Å². The standard InChI is InChI=1S/C12H17N3O/c1-3-9(2)14-8-10-6-4-5-7-11(10)12(13)15-16/h3-7,9,14,16H,1,8H2,2H3,(H2,13,15). The number of hydrogen-bond donors (Lipinski definition) is 3. The van der Waals surface area contributed by atoms with Gasteiger partial charge >= 0.3 is 0 Å². The molecule has 0 amide bonds. The fourth-order valence-electron chi connectivity index (χ4n) is 1.33. The van der Waals surface area contributed by atoms with Crippen LogP contribution in [0.3, 0.4) is 0 Å². The van der Waals surface area contributed by atoms with E-state index in [0.717, 1.165) is 11.1 Å². The third-order valence-electron chi connectivity index (χ3n) is 2.37. The number of benzene rings is 1. The topological polar surface area (TPSA) is 70.6 Å². The molecule has 1 unspecified atom stereocenters. The van der Waals surface area contributed by atoms with Crippen molar-refractivity contribution >= 4 is 5.84 Å². The lowest BCUT2D eigenvalue weighted by Gasteiger charge is -2.12.